The first-order chi connectivity index (χ1) is 18.2. The van der Waals surface area contributed by atoms with Gasteiger partial charge in [-0.3, -0.25) is 0 Å². The summed E-state index contributed by atoms with van der Waals surface area (Å²) in [4.78, 5) is 9.46. The highest BCUT2D eigenvalue weighted by Gasteiger charge is 2.57. The second kappa shape index (κ2) is 8.91. The van der Waals surface area contributed by atoms with E-state index in [0.29, 0.717) is 46.6 Å². The number of aliphatic hydroxyl groups is 1. The van der Waals surface area contributed by atoms with Gasteiger partial charge >= 0.3 is 0 Å². The van der Waals surface area contributed by atoms with E-state index in [-0.39, 0.29) is 22.7 Å². The zero-order valence-corrected chi connectivity index (χ0v) is 21.2. The smallest absolute Gasteiger partial charge is 0.227 e. The molecule has 0 radical (unpaired) electrons. The number of nitriles is 1. The number of nitrogens with zero attached hydrogens (tertiary/aromatic N) is 3. The van der Waals surface area contributed by atoms with Crippen molar-refractivity contribution in [3.63, 3.8) is 0 Å². The van der Waals surface area contributed by atoms with E-state index in [0.717, 1.165) is 32.1 Å². The number of methoxy groups -OCH3 is 2. The SMILES string of the molecule is COc1ccc(-c2c(OC)nc(NC34CC5CC(CC(O)(C5)C3)C4)nc2-c2ccc(C#N)c(F)c2)cc1F. The van der Waals surface area contributed by atoms with Crippen LogP contribution >= 0.6 is 0 Å². The Balaban J connectivity index is 1.49. The van der Waals surface area contributed by atoms with Crippen LogP contribution in [0.1, 0.15) is 44.1 Å². The quantitative estimate of drug-likeness (QED) is 0.446. The topological polar surface area (TPSA) is 100 Å². The fraction of sp³-hybridized carbons (Fsp3) is 0.414. The highest BCUT2D eigenvalue weighted by molar-refractivity contribution is 5.85. The number of hydrogen-bond donors (Lipinski definition) is 2. The summed E-state index contributed by atoms with van der Waals surface area (Å²) in [5, 5.41) is 24.0. The molecule has 4 bridgehead atoms. The number of ether oxygens (including phenoxy) is 2. The molecule has 4 saturated carbocycles. The molecule has 2 atom stereocenters. The van der Waals surface area contributed by atoms with Gasteiger partial charge in [-0.15, -0.1) is 0 Å². The van der Waals surface area contributed by atoms with Gasteiger partial charge in [0.15, 0.2) is 11.6 Å². The minimum Gasteiger partial charge on any atom is -0.494 e. The Morgan fingerprint density at radius 2 is 1.68 bits per heavy atom. The minimum absolute atomic E-state index is 0.0811. The molecular weight excluding hydrogens is 490 g/mol. The molecule has 0 spiro atoms. The van der Waals surface area contributed by atoms with Gasteiger partial charge in [0.2, 0.25) is 11.8 Å². The zero-order valence-electron chi connectivity index (χ0n) is 21.2. The van der Waals surface area contributed by atoms with E-state index in [4.69, 9.17) is 14.5 Å². The van der Waals surface area contributed by atoms with E-state index in [1.54, 1.807) is 12.1 Å². The lowest BCUT2D eigenvalue weighted by Crippen LogP contribution is -2.62. The second-order valence-corrected chi connectivity index (χ2v) is 11.0. The summed E-state index contributed by atoms with van der Waals surface area (Å²) < 4.78 is 40.2. The average molecular weight is 519 g/mol. The average Bonchev–Trinajstić information content (AvgIpc) is 2.86. The number of rotatable bonds is 6. The van der Waals surface area contributed by atoms with Crippen molar-refractivity contribution in [2.24, 2.45) is 11.8 Å². The maximum atomic E-state index is 14.7. The Morgan fingerprint density at radius 1 is 0.974 bits per heavy atom. The molecule has 0 saturated heterocycles. The third-order valence-electron chi connectivity index (χ3n) is 8.28. The third kappa shape index (κ3) is 4.13. The number of anilines is 1. The van der Waals surface area contributed by atoms with Crippen LogP contribution in [-0.4, -0.2) is 40.4 Å². The molecule has 1 heterocycles. The van der Waals surface area contributed by atoms with Crippen molar-refractivity contribution in [1.82, 2.24) is 9.97 Å². The normalized spacial score (nSPS) is 27.2. The molecule has 4 fully saturated rings. The molecule has 9 heteroatoms. The van der Waals surface area contributed by atoms with Crippen molar-refractivity contribution in [3.8, 4) is 40.1 Å². The Labute approximate surface area is 219 Å². The Morgan fingerprint density at radius 3 is 2.29 bits per heavy atom. The molecule has 196 valence electrons. The maximum absolute atomic E-state index is 14.7. The summed E-state index contributed by atoms with van der Waals surface area (Å²) in [6, 6.07) is 10.5. The van der Waals surface area contributed by atoms with Crippen LogP contribution in [0.25, 0.3) is 22.4 Å². The lowest BCUT2D eigenvalue weighted by Gasteiger charge is -2.60. The van der Waals surface area contributed by atoms with Crippen LogP contribution in [0.5, 0.6) is 11.6 Å². The fourth-order valence-corrected chi connectivity index (χ4v) is 7.29. The van der Waals surface area contributed by atoms with Gasteiger partial charge in [0.1, 0.15) is 11.9 Å². The molecule has 0 amide bonds. The standard InChI is InChI=1S/C29H28F2N4O3/c1-37-23-6-5-18(8-22(23)31)24-25(19-3-4-20(14-32)21(30)9-19)33-27(34-26(24)38-2)35-28-10-16-7-17(11-28)13-29(36,12-16)15-28/h3-6,8-9,16-17,36H,7,10-13,15H2,1-2H3,(H,33,34,35). The molecule has 3 aromatic rings. The van der Waals surface area contributed by atoms with Crippen LogP contribution < -0.4 is 14.8 Å². The van der Waals surface area contributed by atoms with E-state index in [2.05, 4.69) is 10.3 Å². The summed E-state index contributed by atoms with van der Waals surface area (Å²) in [5.74, 6) is 0.201. The Bertz CT molecular complexity index is 1460. The van der Waals surface area contributed by atoms with Crippen molar-refractivity contribution < 1.29 is 23.4 Å². The highest BCUT2D eigenvalue weighted by atomic mass is 19.1. The third-order valence-corrected chi connectivity index (χ3v) is 8.28. The summed E-state index contributed by atoms with van der Waals surface area (Å²) >= 11 is 0. The van der Waals surface area contributed by atoms with Gasteiger partial charge in [-0.2, -0.15) is 10.2 Å². The summed E-state index contributed by atoms with van der Waals surface area (Å²) in [5.41, 5.74) is 0.415. The summed E-state index contributed by atoms with van der Waals surface area (Å²) in [7, 11) is 2.85. The van der Waals surface area contributed by atoms with Gasteiger partial charge in [-0.25, -0.2) is 13.8 Å². The second-order valence-electron chi connectivity index (χ2n) is 11.0. The molecule has 2 unspecified atom stereocenters. The number of nitrogens with one attached hydrogen (secondary N) is 1. The maximum Gasteiger partial charge on any atom is 0.227 e. The first-order valence-electron chi connectivity index (χ1n) is 12.7. The molecule has 2 aromatic carbocycles. The predicted octanol–water partition coefficient (Wildman–Crippen LogP) is 5.47. The molecule has 38 heavy (non-hydrogen) atoms. The number of benzene rings is 2. The number of aromatic nitrogens is 2. The lowest BCUT2D eigenvalue weighted by molar-refractivity contribution is -0.127. The molecule has 7 nitrogen and oxygen atoms in total. The highest BCUT2D eigenvalue weighted by Crippen LogP contribution is 2.58. The van der Waals surface area contributed by atoms with Crippen LogP contribution in [0.2, 0.25) is 0 Å². The molecular formula is C29H28F2N4O3. The largest absolute Gasteiger partial charge is 0.494 e. The lowest BCUT2D eigenvalue weighted by atomic mass is 9.51. The van der Waals surface area contributed by atoms with Crippen molar-refractivity contribution >= 4 is 5.95 Å². The van der Waals surface area contributed by atoms with Gasteiger partial charge in [0.05, 0.1) is 36.6 Å². The van der Waals surface area contributed by atoms with E-state index >= 15 is 0 Å². The number of hydrogen-bond acceptors (Lipinski definition) is 7. The van der Waals surface area contributed by atoms with Gasteiger partial charge < -0.3 is 19.9 Å². The van der Waals surface area contributed by atoms with Crippen LogP contribution in [0.3, 0.4) is 0 Å². The minimum atomic E-state index is -0.688. The molecule has 0 aliphatic heterocycles. The molecule has 4 aliphatic carbocycles. The van der Waals surface area contributed by atoms with E-state index in [1.807, 2.05) is 6.07 Å². The fourth-order valence-electron chi connectivity index (χ4n) is 7.29. The monoisotopic (exact) mass is 518 g/mol. The van der Waals surface area contributed by atoms with Gasteiger partial charge in [0, 0.05) is 11.1 Å². The summed E-state index contributed by atoms with van der Waals surface area (Å²) in [6.07, 6.45) is 5.25. The Kier molecular flexibility index (Phi) is 5.76. The van der Waals surface area contributed by atoms with Crippen LogP contribution in [0, 0.1) is 34.8 Å². The van der Waals surface area contributed by atoms with E-state index < -0.39 is 17.2 Å². The van der Waals surface area contributed by atoms with Crippen LogP contribution in [-0.2, 0) is 0 Å². The van der Waals surface area contributed by atoms with Gasteiger partial charge in [0.25, 0.3) is 0 Å². The van der Waals surface area contributed by atoms with Crippen LogP contribution in [0.15, 0.2) is 36.4 Å². The van der Waals surface area contributed by atoms with Gasteiger partial charge in [-0.05, 0) is 80.2 Å². The van der Waals surface area contributed by atoms with Crippen molar-refractivity contribution in [1.29, 1.82) is 5.26 Å². The van der Waals surface area contributed by atoms with E-state index in [9.17, 15) is 19.1 Å². The predicted molar refractivity (Wildman–Crippen MR) is 137 cm³/mol. The molecule has 7 rings (SSSR count). The van der Waals surface area contributed by atoms with E-state index in [1.165, 1.54) is 38.5 Å². The molecule has 1 aromatic heterocycles. The molecule has 4 aliphatic rings. The zero-order chi connectivity index (χ0) is 26.7. The van der Waals surface area contributed by atoms with Crippen LogP contribution in [0.4, 0.5) is 14.7 Å². The number of halogens is 2. The van der Waals surface area contributed by atoms with Crippen molar-refractivity contribution in [3.05, 3.63) is 53.6 Å². The van der Waals surface area contributed by atoms with Crippen molar-refractivity contribution in [2.75, 3.05) is 19.5 Å². The first kappa shape index (κ1) is 24.6. The van der Waals surface area contributed by atoms with Gasteiger partial charge in [-0.1, -0.05) is 12.1 Å². The summed E-state index contributed by atoms with van der Waals surface area (Å²) in [6.45, 7) is 0. The molecule has 2 N–H and O–H groups in total. The Hall–Kier alpha value is -3.77. The van der Waals surface area contributed by atoms with Crippen molar-refractivity contribution in [2.45, 2.75) is 49.7 Å². The first-order valence-corrected chi connectivity index (χ1v) is 12.7.